The Morgan fingerprint density at radius 2 is 2.00 bits per heavy atom. The van der Waals surface area contributed by atoms with Gasteiger partial charge in [0.2, 0.25) is 5.78 Å². The molecular weight excluding hydrogens is 386 g/mol. The van der Waals surface area contributed by atoms with E-state index < -0.39 is 5.97 Å². The first kappa shape index (κ1) is 19.5. The smallest absolute Gasteiger partial charge is 0.339 e. The van der Waals surface area contributed by atoms with Crippen molar-refractivity contribution < 1.29 is 14.3 Å². The van der Waals surface area contributed by atoms with E-state index in [0.29, 0.717) is 38.5 Å². The van der Waals surface area contributed by atoms with Gasteiger partial charge in [0.15, 0.2) is 0 Å². The standard InChI is InChI=1S/C22H23N3O3S/c1-3-25-11-10-15-14(12-25)16(22(27)28-4-2)17-18(23)20(29-21(17)24-15)19(26)13-8-6-5-7-9-13/h5-9H,3-4,10-12,23H2,1-2H3. The third-order valence-electron chi connectivity index (χ3n) is 5.28. The number of ether oxygens (including phenoxy) is 1. The quantitative estimate of drug-likeness (QED) is 0.511. The second kappa shape index (κ2) is 7.93. The number of aromatic nitrogens is 1. The minimum Gasteiger partial charge on any atom is -0.462 e. The van der Waals surface area contributed by atoms with Crippen molar-refractivity contribution in [1.29, 1.82) is 0 Å². The van der Waals surface area contributed by atoms with Crippen molar-refractivity contribution >= 4 is 39.0 Å². The molecule has 1 aliphatic rings. The van der Waals surface area contributed by atoms with E-state index in [9.17, 15) is 9.59 Å². The third kappa shape index (κ3) is 3.41. The average Bonchev–Trinajstić information content (AvgIpc) is 3.07. The molecule has 2 aromatic heterocycles. The molecule has 29 heavy (non-hydrogen) atoms. The van der Waals surface area contributed by atoms with E-state index in [1.54, 1.807) is 19.1 Å². The monoisotopic (exact) mass is 409 g/mol. The molecule has 0 saturated carbocycles. The number of rotatable bonds is 5. The van der Waals surface area contributed by atoms with E-state index in [-0.39, 0.29) is 12.4 Å². The summed E-state index contributed by atoms with van der Waals surface area (Å²) in [5.74, 6) is -0.564. The number of carbonyl (C=O) groups is 2. The number of hydrogen-bond acceptors (Lipinski definition) is 7. The normalized spacial score (nSPS) is 14.0. The van der Waals surface area contributed by atoms with Crippen LogP contribution >= 0.6 is 11.3 Å². The Hall–Kier alpha value is -2.77. The molecule has 0 unspecified atom stereocenters. The Morgan fingerprint density at radius 3 is 2.69 bits per heavy atom. The van der Waals surface area contributed by atoms with Crippen molar-refractivity contribution in [1.82, 2.24) is 9.88 Å². The molecule has 1 aromatic carbocycles. The molecular formula is C22H23N3O3S. The maximum atomic E-state index is 13.0. The zero-order valence-electron chi connectivity index (χ0n) is 16.5. The van der Waals surface area contributed by atoms with Gasteiger partial charge in [-0.15, -0.1) is 11.3 Å². The van der Waals surface area contributed by atoms with Gasteiger partial charge in [-0.3, -0.25) is 9.69 Å². The van der Waals surface area contributed by atoms with E-state index in [0.717, 1.165) is 30.8 Å². The van der Waals surface area contributed by atoms with Gasteiger partial charge in [-0.1, -0.05) is 37.3 Å². The van der Waals surface area contributed by atoms with Crippen LogP contribution in [0.5, 0.6) is 0 Å². The Balaban J connectivity index is 1.93. The minimum atomic E-state index is -0.405. The van der Waals surface area contributed by atoms with Crippen molar-refractivity contribution in [3.63, 3.8) is 0 Å². The fraction of sp³-hybridized carbons (Fsp3) is 0.318. The predicted molar refractivity (Wildman–Crippen MR) is 115 cm³/mol. The first-order valence-corrected chi connectivity index (χ1v) is 10.6. The molecule has 0 saturated heterocycles. The SMILES string of the molecule is CCOC(=O)c1c2c(nc3sc(C(=O)c4ccccc4)c(N)c13)CCN(CC)C2. The molecule has 1 aliphatic heterocycles. The number of carbonyl (C=O) groups excluding carboxylic acids is 2. The molecule has 6 nitrogen and oxygen atoms in total. The zero-order valence-corrected chi connectivity index (χ0v) is 17.3. The van der Waals surface area contributed by atoms with E-state index in [1.165, 1.54) is 11.3 Å². The highest BCUT2D eigenvalue weighted by Gasteiger charge is 2.30. The highest BCUT2D eigenvalue weighted by molar-refractivity contribution is 7.21. The number of fused-ring (bicyclic) bond motifs is 2. The van der Waals surface area contributed by atoms with Gasteiger partial charge in [-0.2, -0.15) is 0 Å². The van der Waals surface area contributed by atoms with Gasteiger partial charge in [-0.25, -0.2) is 9.78 Å². The van der Waals surface area contributed by atoms with Crippen LogP contribution in [0, 0.1) is 0 Å². The molecule has 0 amide bonds. The molecule has 0 spiro atoms. The summed E-state index contributed by atoms with van der Waals surface area (Å²) in [6.07, 6.45) is 0.755. The highest BCUT2D eigenvalue weighted by Crippen LogP contribution is 2.39. The molecule has 0 bridgehead atoms. The summed E-state index contributed by atoms with van der Waals surface area (Å²) in [6, 6.07) is 9.01. The van der Waals surface area contributed by atoms with Gasteiger partial charge < -0.3 is 10.5 Å². The van der Waals surface area contributed by atoms with E-state index in [2.05, 4.69) is 11.8 Å². The molecule has 0 atom stereocenters. The van der Waals surface area contributed by atoms with Crippen molar-refractivity contribution in [2.45, 2.75) is 26.8 Å². The van der Waals surface area contributed by atoms with Crippen LogP contribution < -0.4 is 5.73 Å². The van der Waals surface area contributed by atoms with Crippen molar-refractivity contribution in [3.05, 3.63) is 57.6 Å². The maximum absolute atomic E-state index is 13.0. The van der Waals surface area contributed by atoms with Gasteiger partial charge >= 0.3 is 5.97 Å². The number of ketones is 1. The molecule has 4 rings (SSSR count). The van der Waals surface area contributed by atoms with Gasteiger partial charge in [0.25, 0.3) is 0 Å². The summed E-state index contributed by atoms with van der Waals surface area (Å²) in [7, 11) is 0. The van der Waals surface area contributed by atoms with Crippen molar-refractivity contribution in [3.8, 4) is 0 Å². The fourth-order valence-corrected chi connectivity index (χ4v) is 4.85. The second-order valence-corrected chi connectivity index (χ2v) is 7.97. The van der Waals surface area contributed by atoms with Crippen LogP contribution in [-0.2, 0) is 17.7 Å². The summed E-state index contributed by atoms with van der Waals surface area (Å²) in [5.41, 5.74) is 9.54. The molecule has 3 heterocycles. The van der Waals surface area contributed by atoms with Crippen molar-refractivity contribution in [2.75, 3.05) is 25.4 Å². The van der Waals surface area contributed by atoms with Gasteiger partial charge in [0, 0.05) is 41.7 Å². The first-order valence-electron chi connectivity index (χ1n) is 9.78. The summed E-state index contributed by atoms with van der Waals surface area (Å²) in [4.78, 5) is 34.1. The molecule has 0 fully saturated rings. The number of likely N-dealkylation sites (N-methyl/N-ethyl adjacent to an activating group) is 1. The molecule has 150 valence electrons. The van der Waals surface area contributed by atoms with E-state index >= 15 is 0 Å². The van der Waals surface area contributed by atoms with Crippen LogP contribution in [0.4, 0.5) is 5.69 Å². The predicted octanol–water partition coefficient (Wildman–Crippen LogP) is 3.66. The van der Waals surface area contributed by atoms with Crippen LogP contribution in [0.3, 0.4) is 0 Å². The number of hydrogen-bond donors (Lipinski definition) is 1. The fourth-order valence-electron chi connectivity index (χ4n) is 3.77. The first-order chi connectivity index (χ1) is 14.0. The third-order valence-corrected chi connectivity index (χ3v) is 6.38. The van der Waals surface area contributed by atoms with Crippen LogP contribution in [-0.4, -0.2) is 41.3 Å². The molecule has 3 aromatic rings. The number of benzene rings is 1. The molecule has 0 aliphatic carbocycles. The lowest BCUT2D eigenvalue weighted by Gasteiger charge is -2.28. The van der Waals surface area contributed by atoms with E-state index in [4.69, 9.17) is 15.5 Å². The Labute approximate surface area is 173 Å². The number of anilines is 1. The second-order valence-electron chi connectivity index (χ2n) is 6.97. The molecule has 2 N–H and O–H groups in total. The number of nitrogens with two attached hydrogens (primary N) is 1. The summed E-state index contributed by atoms with van der Waals surface area (Å²) in [5, 5.41) is 0.546. The Morgan fingerprint density at radius 1 is 1.24 bits per heavy atom. The number of nitrogen functional groups attached to an aromatic ring is 1. The number of thiophene rings is 1. The van der Waals surface area contributed by atoms with Crippen molar-refractivity contribution in [2.24, 2.45) is 0 Å². The summed E-state index contributed by atoms with van der Waals surface area (Å²) < 4.78 is 5.36. The van der Waals surface area contributed by atoms with E-state index in [1.807, 2.05) is 18.2 Å². The number of nitrogens with zero attached hydrogens (tertiary/aromatic N) is 2. The lowest BCUT2D eigenvalue weighted by molar-refractivity contribution is 0.0525. The van der Waals surface area contributed by atoms with Crippen LogP contribution in [0.15, 0.2) is 30.3 Å². The van der Waals surface area contributed by atoms with Gasteiger partial charge in [-0.05, 0) is 13.5 Å². The van der Waals surface area contributed by atoms with Crippen LogP contribution in [0.1, 0.15) is 50.7 Å². The summed E-state index contributed by atoms with van der Waals surface area (Å²) in [6.45, 7) is 6.55. The average molecular weight is 410 g/mol. The minimum absolute atomic E-state index is 0.158. The maximum Gasteiger partial charge on any atom is 0.339 e. The largest absolute Gasteiger partial charge is 0.462 e. The highest BCUT2D eigenvalue weighted by atomic mass is 32.1. The Bertz CT molecular complexity index is 1090. The lowest BCUT2D eigenvalue weighted by atomic mass is 9.96. The summed E-state index contributed by atoms with van der Waals surface area (Å²) >= 11 is 1.25. The number of pyridine rings is 1. The van der Waals surface area contributed by atoms with Gasteiger partial charge in [0.1, 0.15) is 9.71 Å². The zero-order chi connectivity index (χ0) is 20.5. The van der Waals surface area contributed by atoms with Crippen LogP contribution in [0.25, 0.3) is 10.2 Å². The number of esters is 1. The topological polar surface area (TPSA) is 85.5 Å². The molecule has 7 heteroatoms. The van der Waals surface area contributed by atoms with Gasteiger partial charge in [0.05, 0.1) is 17.9 Å². The lowest BCUT2D eigenvalue weighted by Crippen LogP contribution is -2.32. The Kier molecular flexibility index (Phi) is 5.34. The van der Waals surface area contributed by atoms with Crippen LogP contribution in [0.2, 0.25) is 0 Å². The molecule has 0 radical (unpaired) electrons.